The van der Waals surface area contributed by atoms with Gasteiger partial charge in [0.1, 0.15) is 5.69 Å². The summed E-state index contributed by atoms with van der Waals surface area (Å²) in [7, 11) is 4.06. The fourth-order valence-corrected chi connectivity index (χ4v) is 3.44. The van der Waals surface area contributed by atoms with E-state index in [1.165, 1.54) is 11.3 Å². The summed E-state index contributed by atoms with van der Waals surface area (Å²) in [6.45, 7) is 7.63. The molecule has 6 nitrogen and oxygen atoms in total. The number of aryl methyl sites for hydroxylation is 1. The van der Waals surface area contributed by atoms with Gasteiger partial charge in [-0.05, 0) is 63.8 Å². The number of rotatable bonds is 7. The molecule has 1 aromatic heterocycles. The van der Waals surface area contributed by atoms with E-state index in [0.717, 1.165) is 44.8 Å². The second-order valence-corrected chi connectivity index (χ2v) is 7.63. The molecule has 1 aliphatic heterocycles. The molecule has 2 aromatic rings. The zero-order chi connectivity index (χ0) is 19.9. The molecule has 0 bridgehead atoms. The number of pyridine rings is 1. The van der Waals surface area contributed by atoms with Crippen LogP contribution >= 0.6 is 0 Å². The average molecular weight is 382 g/mol. The Morgan fingerprint density at radius 2 is 1.79 bits per heavy atom. The molecule has 0 saturated carbocycles. The molecule has 1 N–H and O–H groups in total. The molecule has 0 aliphatic carbocycles. The molecule has 0 radical (unpaired) electrons. The van der Waals surface area contributed by atoms with Crippen LogP contribution in [0.15, 0.2) is 42.6 Å². The lowest BCUT2D eigenvalue weighted by atomic mass is 10.2. The first-order chi connectivity index (χ1) is 13.5. The van der Waals surface area contributed by atoms with E-state index < -0.39 is 0 Å². The van der Waals surface area contributed by atoms with Crippen molar-refractivity contribution in [2.24, 2.45) is 0 Å². The van der Waals surface area contributed by atoms with Gasteiger partial charge in [-0.2, -0.15) is 0 Å². The molecule has 6 heteroatoms. The van der Waals surface area contributed by atoms with Gasteiger partial charge in [-0.15, -0.1) is 0 Å². The van der Waals surface area contributed by atoms with Crippen LogP contribution in [0.2, 0.25) is 0 Å². The molecule has 1 aliphatic rings. The van der Waals surface area contributed by atoms with Crippen LogP contribution in [0.3, 0.4) is 0 Å². The fraction of sp³-hybridized carbons (Fsp3) is 0.455. The monoisotopic (exact) mass is 381 g/mol. The van der Waals surface area contributed by atoms with Crippen LogP contribution in [0.1, 0.15) is 22.5 Å². The minimum Gasteiger partial charge on any atom is -0.368 e. The van der Waals surface area contributed by atoms with E-state index in [9.17, 15) is 4.79 Å². The van der Waals surface area contributed by atoms with Crippen molar-refractivity contribution in [2.75, 3.05) is 63.2 Å². The van der Waals surface area contributed by atoms with Crippen LogP contribution in [0.25, 0.3) is 0 Å². The first-order valence-corrected chi connectivity index (χ1v) is 9.98. The van der Waals surface area contributed by atoms with Crippen molar-refractivity contribution in [3.05, 3.63) is 53.9 Å². The minimum atomic E-state index is -0.102. The third-order valence-electron chi connectivity index (χ3n) is 5.06. The van der Waals surface area contributed by atoms with Crippen molar-refractivity contribution in [3.8, 4) is 0 Å². The summed E-state index contributed by atoms with van der Waals surface area (Å²) in [5.41, 5.74) is 4.14. The maximum absolute atomic E-state index is 12.2. The van der Waals surface area contributed by atoms with Crippen molar-refractivity contribution in [1.29, 1.82) is 0 Å². The molecule has 2 heterocycles. The standard InChI is InChI=1S/C22H31N5O/c1-18-6-4-7-19(16-18)26-12-14-27(15-13-26)20-8-9-21(24-17-20)22(28)23-10-5-11-25(2)3/h4,6-9,16-17H,5,10-15H2,1-3H3,(H,23,28). The van der Waals surface area contributed by atoms with E-state index in [1.54, 1.807) is 0 Å². The number of hydrogen-bond donors (Lipinski definition) is 1. The topological polar surface area (TPSA) is 51.7 Å². The van der Waals surface area contributed by atoms with E-state index in [-0.39, 0.29) is 5.91 Å². The maximum Gasteiger partial charge on any atom is 0.269 e. The highest BCUT2D eigenvalue weighted by molar-refractivity contribution is 5.92. The molecule has 150 valence electrons. The Hall–Kier alpha value is -2.60. The first-order valence-electron chi connectivity index (χ1n) is 9.98. The molecule has 0 spiro atoms. The second-order valence-electron chi connectivity index (χ2n) is 7.63. The Morgan fingerprint density at radius 3 is 2.39 bits per heavy atom. The van der Waals surface area contributed by atoms with Crippen LogP contribution in [0.4, 0.5) is 11.4 Å². The lowest BCUT2D eigenvalue weighted by Gasteiger charge is -2.37. The van der Waals surface area contributed by atoms with E-state index in [1.807, 2.05) is 32.4 Å². The molecule has 1 fully saturated rings. The van der Waals surface area contributed by atoms with Gasteiger partial charge in [-0.3, -0.25) is 4.79 Å². The maximum atomic E-state index is 12.2. The first kappa shape index (κ1) is 20.1. The predicted octanol–water partition coefficient (Wildman–Crippen LogP) is 2.40. The largest absolute Gasteiger partial charge is 0.368 e. The molecular formula is C22H31N5O. The number of anilines is 2. The third kappa shape index (κ3) is 5.45. The quantitative estimate of drug-likeness (QED) is 0.747. The Morgan fingerprint density at radius 1 is 1.07 bits per heavy atom. The van der Waals surface area contributed by atoms with Crippen LogP contribution in [0, 0.1) is 6.92 Å². The van der Waals surface area contributed by atoms with Gasteiger partial charge in [0.2, 0.25) is 0 Å². The zero-order valence-electron chi connectivity index (χ0n) is 17.2. The minimum absolute atomic E-state index is 0.102. The van der Waals surface area contributed by atoms with Gasteiger partial charge in [0.15, 0.2) is 0 Å². The number of nitrogens with zero attached hydrogens (tertiary/aromatic N) is 4. The molecule has 1 saturated heterocycles. The third-order valence-corrected chi connectivity index (χ3v) is 5.06. The average Bonchev–Trinajstić information content (AvgIpc) is 2.71. The molecule has 3 rings (SSSR count). The molecule has 1 amide bonds. The number of carbonyl (C=O) groups is 1. The summed E-state index contributed by atoms with van der Waals surface area (Å²) in [4.78, 5) is 23.4. The normalized spacial score (nSPS) is 14.4. The van der Waals surface area contributed by atoms with Crippen molar-refractivity contribution in [1.82, 2.24) is 15.2 Å². The summed E-state index contributed by atoms with van der Waals surface area (Å²) >= 11 is 0. The van der Waals surface area contributed by atoms with Gasteiger partial charge in [-0.1, -0.05) is 12.1 Å². The number of nitrogens with one attached hydrogen (secondary N) is 1. The van der Waals surface area contributed by atoms with Gasteiger partial charge in [0.25, 0.3) is 5.91 Å². The molecule has 1 aromatic carbocycles. The highest BCUT2D eigenvalue weighted by Crippen LogP contribution is 2.21. The highest BCUT2D eigenvalue weighted by Gasteiger charge is 2.18. The van der Waals surface area contributed by atoms with E-state index in [0.29, 0.717) is 12.2 Å². The van der Waals surface area contributed by atoms with E-state index in [4.69, 9.17) is 0 Å². The van der Waals surface area contributed by atoms with Crippen molar-refractivity contribution < 1.29 is 4.79 Å². The van der Waals surface area contributed by atoms with E-state index in [2.05, 4.69) is 56.2 Å². The van der Waals surface area contributed by atoms with Crippen LogP contribution in [0.5, 0.6) is 0 Å². The lowest BCUT2D eigenvalue weighted by Crippen LogP contribution is -2.46. The number of hydrogen-bond acceptors (Lipinski definition) is 5. The number of carbonyl (C=O) groups excluding carboxylic acids is 1. The summed E-state index contributed by atoms with van der Waals surface area (Å²) in [5.74, 6) is -0.102. The van der Waals surface area contributed by atoms with Gasteiger partial charge >= 0.3 is 0 Å². The Bertz CT molecular complexity index is 767. The summed E-state index contributed by atoms with van der Waals surface area (Å²) in [6, 6.07) is 12.5. The summed E-state index contributed by atoms with van der Waals surface area (Å²) in [5, 5.41) is 2.93. The summed E-state index contributed by atoms with van der Waals surface area (Å²) < 4.78 is 0. The van der Waals surface area contributed by atoms with Crippen LogP contribution < -0.4 is 15.1 Å². The number of aromatic nitrogens is 1. The Kier molecular flexibility index (Phi) is 6.87. The van der Waals surface area contributed by atoms with Crippen molar-refractivity contribution in [3.63, 3.8) is 0 Å². The van der Waals surface area contributed by atoms with E-state index >= 15 is 0 Å². The number of amides is 1. The highest BCUT2D eigenvalue weighted by atomic mass is 16.1. The summed E-state index contributed by atoms with van der Waals surface area (Å²) in [6.07, 6.45) is 2.75. The molecule has 0 unspecified atom stereocenters. The predicted molar refractivity (Wildman–Crippen MR) is 115 cm³/mol. The van der Waals surface area contributed by atoms with Crippen LogP contribution in [-0.4, -0.2) is 69.2 Å². The van der Waals surface area contributed by atoms with Crippen LogP contribution in [-0.2, 0) is 0 Å². The van der Waals surface area contributed by atoms with Gasteiger partial charge < -0.3 is 20.0 Å². The molecule has 28 heavy (non-hydrogen) atoms. The van der Waals surface area contributed by atoms with Crippen molar-refractivity contribution in [2.45, 2.75) is 13.3 Å². The van der Waals surface area contributed by atoms with Gasteiger partial charge in [0.05, 0.1) is 11.9 Å². The lowest BCUT2D eigenvalue weighted by molar-refractivity contribution is 0.0947. The Labute approximate surface area is 168 Å². The smallest absolute Gasteiger partial charge is 0.269 e. The molecular weight excluding hydrogens is 350 g/mol. The van der Waals surface area contributed by atoms with Crippen molar-refractivity contribution >= 4 is 17.3 Å². The Balaban J connectivity index is 1.50. The number of piperazine rings is 1. The second kappa shape index (κ2) is 9.55. The molecule has 0 atom stereocenters. The van der Waals surface area contributed by atoms with Gasteiger partial charge in [0, 0.05) is 38.4 Å². The number of benzene rings is 1. The fourth-order valence-electron chi connectivity index (χ4n) is 3.44. The van der Waals surface area contributed by atoms with Gasteiger partial charge in [-0.25, -0.2) is 4.98 Å². The zero-order valence-corrected chi connectivity index (χ0v) is 17.2. The SMILES string of the molecule is Cc1cccc(N2CCN(c3ccc(C(=O)NCCCN(C)C)nc3)CC2)c1.